The standard InChI is InChI=1S/C23H19F3N4O4S/c1-12-8-17(29-35(33)14-5-4-13(2)16(9-14)23(24,25)26)20(28-10-12)21(31)19-15-6-7-27-22(15)30(32)11-18(19)34-3/h4-11,32H,1-3H3,(H,29,31)/p+1. The van der Waals surface area contributed by atoms with Crippen LogP contribution in [0.4, 0.5) is 18.9 Å². The Balaban J connectivity index is 1.77. The molecular weight excluding hydrogens is 485 g/mol. The number of anilines is 1. The number of aromatic nitrogens is 3. The number of hydrogen-bond acceptors (Lipinski definition) is 5. The van der Waals surface area contributed by atoms with E-state index in [0.717, 1.165) is 10.8 Å². The molecule has 3 heterocycles. The van der Waals surface area contributed by atoms with Crippen molar-refractivity contribution in [1.29, 1.82) is 0 Å². The molecule has 0 fully saturated rings. The number of fused-ring (bicyclic) bond motifs is 1. The summed E-state index contributed by atoms with van der Waals surface area (Å²) in [5.41, 5.74) is -0.00440. The Kier molecular flexibility index (Phi) is 6.24. The van der Waals surface area contributed by atoms with Gasteiger partial charge in [0.2, 0.25) is 5.78 Å². The molecule has 3 aromatic heterocycles. The van der Waals surface area contributed by atoms with Gasteiger partial charge in [0.1, 0.15) is 16.7 Å². The van der Waals surface area contributed by atoms with Gasteiger partial charge in [-0.2, -0.15) is 13.2 Å². The maximum atomic E-state index is 13.6. The lowest BCUT2D eigenvalue weighted by Gasteiger charge is -2.15. The van der Waals surface area contributed by atoms with Gasteiger partial charge in [0, 0.05) is 6.20 Å². The summed E-state index contributed by atoms with van der Waals surface area (Å²) >= 11 is 0. The molecular formula is C23H20F3N4O4S+. The monoisotopic (exact) mass is 505 g/mol. The van der Waals surface area contributed by atoms with E-state index in [1.54, 1.807) is 13.0 Å². The number of carbonyl (C=O) groups is 1. The smallest absolute Gasteiger partial charge is 0.416 e. The van der Waals surface area contributed by atoms with Crippen LogP contribution in [-0.4, -0.2) is 32.3 Å². The highest BCUT2D eigenvalue weighted by molar-refractivity contribution is 7.86. The summed E-state index contributed by atoms with van der Waals surface area (Å²) in [5.74, 6) is -0.543. The predicted octanol–water partition coefficient (Wildman–Crippen LogP) is 4.10. The molecule has 1 atom stereocenters. The third-order valence-electron chi connectivity index (χ3n) is 5.33. The first-order chi connectivity index (χ1) is 16.5. The minimum Gasteiger partial charge on any atom is -0.492 e. The van der Waals surface area contributed by atoms with Crippen molar-refractivity contribution in [3.8, 4) is 5.75 Å². The fourth-order valence-corrected chi connectivity index (χ4v) is 4.53. The summed E-state index contributed by atoms with van der Waals surface area (Å²) < 4.78 is 61.6. The highest BCUT2D eigenvalue weighted by Crippen LogP contribution is 2.34. The number of methoxy groups -OCH3 is 1. The van der Waals surface area contributed by atoms with Crippen LogP contribution in [0, 0.1) is 13.8 Å². The zero-order valence-electron chi connectivity index (χ0n) is 18.7. The van der Waals surface area contributed by atoms with Crippen molar-refractivity contribution in [3.05, 3.63) is 76.9 Å². The topological polar surface area (TPSA) is 108 Å². The average Bonchev–Trinajstić information content (AvgIpc) is 3.28. The van der Waals surface area contributed by atoms with Crippen LogP contribution in [0.15, 0.2) is 53.8 Å². The number of rotatable bonds is 6. The van der Waals surface area contributed by atoms with Gasteiger partial charge in [-0.25, -0.2) is 9.19 Å². The second-order valence-electron chi connectivity index (χ2n) is 7.74. The maximum Gasteiger partial charge on any atom is 0.416 e. The Morgan fingerprint density at radius 2 is 1.97 bits per heavy atom. The van der Waals surface area contributed by atoms with Crippen LogP contribution in [0.25, 0.3) is 11.0 Å². The number of carbonyl (C=O) groups excluding carboxylic acids is 1. The van der Waals surface area contributed by atoms with Crippen molar-refractivity contribution in [1.82, 2.24) is 9.97 Å². The summed E-state index contributed by atoms with van der Waals surface area (Å²) in [4.78, 5) is 20.5. The van der Waals surface area contributed by atoms with E-state index in [4.69, 9.17) is 4.74 Å². The molecule has 182 valence electrons. The van der Waals surface area contributed by atoms with E-state index in [2.05, 4.69) is 14.7 Å². The predicted molar refractivity (Wildman–Crippen MR) is 121 cm³/mol. The SMILES string of the molecule is COc1c[n+](O)c2[nH]ccc2c1C(=O)c1ncc(C)cc1NS(=O)c1ccc(C)c(C(F)(F)F)c1. The Bertz CT molecular complexity index is 1480. The second-order valence-corrected chi connectivity index (χ2v) is 8.95. The van der Waals surface area contributed by atoms with Crippen LogP contribution in [-0.2, 0) is 17.2 Å². The fraction of sp³-hybridized carbons (Fsp3) is 0.174. The van der Waals surface area contributed by atoms with Gasteiger partial charge in [-0.3, -0.25) is 14.5 Å². The molecule has 4 rings (SSSR count). The molecule has 1 unspecified atom stereocenters. The van der Waals surface area contributed by atoms with E-state index in [-0.39, 0.29) is 38.8 Å². The maximum absolute atomic E-state index is 13.6. The normalized spacial score (nSPS) is 12.5. The summed E-state index contributed by atoms with van der Waals surface area (Å²) in [6, 6.07) is 6.46. The third-order valence-corrected chi connectivity index (χ3v) is 6.41. The molecule has 0 bridgehead atoms. The van der Waals surface area contributed by atoms with Crippen molar-refractivity contribution in [2.75, 3.05) is 11.8 Å². The van der Waals surface area contributed by atoms with E-state index < -0.39 is 28.5 Å². The Morgan fingerprint density at radius 3 is 2.66 bits per heavy atom. The second kappa shape index (κ2) is 9.02. The molecule has 35 heavy (non-hydrogen) atoms. The van der Waals surface area contributed by atoms with Crippen LogP contribution < -0.4 is 14.2 Å². The van der Waals surface area contributed by atoms with Crippen LogP contribution in [0.3, 0.4) is 0 Å². The average molecular weight is 505 g/mol. The number of nitrogens with zero attached hydrogens (tertiary/aromatic N) is 2. The van der Waals surface area contributed by atoms with Crippen molar-refractivity contribution >= 4 is 33.5 Å². The highest BCUT2D eigenvalue weighted by Gasteiger charge is 2.33. The number of pyridine rings is 2. The molecule has 0 aliphatic carbocycles. The molecule has 1 aromatic carbocycles. The number of nitrogens with one attached hydrogen (secondary N) is 2. The number of aryl methyl sites for hydroxylation is 2. The quantitative estimate of drug-likeness (QED) is 0.208. The van der Waals surface area contributed by atoms with Gasteiger partial charge in [-0.15, -0.1) is 0 Å². The largest absolute Gasteiger partial charge is 0.492 e. The van der Waals surface area contributed by atoms with Crippen LogP contribution in [0.5, 0.6) is 5.75 Å². The molecule has 3 N–H and O–H groups in total. The molecule has 12 heteroatoms. The van der Waals surface area contributed by atoms with Gasteiger partial charge in [0.25, 0.3) is 0 Å². The number of ether oxygens (including phenoxy) is 1. The first-order valence-electron chi connectivity index (χ1n) is 10.2. The number of benzene rings is 1. The van der Waals surface area contributed by atoms with E-state index in [1.807, 2.05) is 0 Å². The van der Waals surface area contributed by atoms with Crippen LogP contribution in [0.2, 0.25) is 0 Å². The van der Waals surface area contributed by atoms with Crippen LogP contribution in [0.1, 0.15) is 32.7 Å². The minimum absolute atomic E-state index is 0.000784. The molecule has 0 saturated carbocycles. The minimum atomic E-state index is -4.61. The van der Waals surface area contributed by atoms with Crippen molar-refractivity contribution in [2.24, 2.45) is 0 Å². The molecule has 8 nitrogen and oxygen atoms in total. The molecule has 0 amide bonds. The lowest BCUT2D eigenvalue weighted by Crippen LogP contribution is -2.32. The Labute approximate surface area is 199 Å². The Morgan fingerprint density at radius 1 is 1.23 bits per heavy atom. The highest BCUT2D eigenvalue weighted by atomic mass is 32.2. The van der Waals surface area contributed by atoms with Crippen molar-refractivity contribution < 1.29 is 36.8 Å². The zero-order chi connectivity index (χ0) is 25.5. The molecule has 0 aliphatic rings. The summed E-state index contributed by atoms with van der Waals surface area (Å²) in [6.45, 7) is 3.01. The summed E-state index contributed by atoms with van der Waals surface area (Å²) in [6.07, 6.45) is -0.437. The van der Waals surface area contributed by atoms with Crippen LogP contribution >= 0.6 is 0 Å². The third kappa shape index (κ3) is 4.56. The van der Waals surface area contributed by atoms with Gasteiger partial charge < -0.3 is 9.94 Å². The molecule has 0 aliphatic heterocycles. The number of aromatic amines is 1. The lowest BCUT2D eigenvalue weighted by molar-refractivity contribution is -0.886. The van der Waals surface area contributed by atoms with Gasteiger partial charge in [0.15, 0.2) is 11.9 Å². The van der Waals surface area contributed by atoms with E-state index in [1.165, 1.54) is 50.8 Å². The number of alkyl halides is 3. The molecule has 0 saturated heterocycles. The van der Waals surface area contributed by atoms with Crippen molar-refractivity contribution in [3.63, 3.8) is 0 Å². The van der Waals surface area contributed by atoms with Gasteiger partial charge in [-0.1, -0.05) is 6.07 Å². The van der Waals surface area contributed by atoms with E-state index >= 15 is 0 Å². The Hall–Kier alpha value is -3.93. The lowest BCUT2D eigenvalue weighted by atomic mass is 10.0. The fourth-order valence-electron chi connectivity index (χ4n) is 3.64. The number of H-pyrrole nitrogens is 1. The van der Waals surface area contributed by atoms with E-state index in [0.29, 0.717) is 10.9 Å². The summed E-state index contributed by atoms with van der Waals surface area (Å²) in [7, 11) is -0.803. The first-order valence-corrected chi connectivity index (χ1v) is 11.3. The number of ketones is 1. The molecule has 4 aromatic rings. The zero-order valence-corrected chi connectivity index (χ0v) is 19.5. The first kappa shape index (κ1) is 24.2. The molecule has 0 radical (unpaired) electrons. The van der Waals surface area contributed by atoms with Gasteiger partial charge >= 0.3 is 11.8 Å². The van der Waals surface area contributed by atoms with Gasteiger partial charge in [0.05, 0.1) is 40.4 Å². The number of halogens is 3. The van der Waals surface area contributed by atoms with Gasteiger partial charge in [-0.05, 0) is 54.0 Å². The number of hydrogen-bond donors (Lipinski definition) is 3. The molecule has 0 spiro atoms. The van der Waals surface area contributed by atoms with E-state index in [9.17, 15) is 27.4 Å². The van der Waals surface area contributed by atoms with Crippen molar-refractivity contribution in [2.45, 2.75) is 24.9 Å². The summed E-state index contributed by atoms with van der Waals surface area (Å²) in [5, 5.41) is 10.5.